The fourth-order valence-corrected chi connectivity index (χ4v) is 2.66. The zero-order valence-corrected chi connectivity index (χ0v) is 9.81. The van der Waals surface area contributed by atoms with Crippen LogP contribution in [0.2, 0.25) is 0 Å². The number of hydrogen-bond acceptors (Lipinski definition) is 3. The Hall–Kier alpha value is -2.12. The Labute approximate surface area is 103 Å². The number of nitrogens with zero attached hydrogens (tertiary/aromatic N) is 3. The van der Waals surface area contributed by atoms with Gasteiger partial charge in [-0.1, -0.05) is 0 Å². The molecule has 0 saturated heterocycles. The van der Waals surface area contributed by atoms with E-state index in [0.717, 1.165) is 23.1 Å². The van der Waals surface area contributed by atoms with E-state index in [9.17, 15) is 0 Å². The van der Waals surface area contributed by atoms with E-state index in [1.54, 1.807) is 17.5 Å². The smallest absolute Gasteiger partial charge is 0.100 e. The molecule has 3 aromatic heterocycles. The molecule has 0 spiro atoms. The van der Waals surface area contributed by atoms with Crippen LogP contribution in [0, 0.1) is 11.3 Å². The summed E-state index contributed by atoms with van der Waals surface area (Å²) < 4.78 is 2.15. The molecule has 0 atom stereocenters. The molecule has 0 saturated carbocycles. The molecule has 0 unspecified atom stereocenters. The Kier molecular flexibility index (Phi) is 2.39. The molecular formula is C13H9N3S. The summed E-state index contributed by atoms with van der Waals surface area (Å²) in [6, 6.07) is 10.1. The SMILES string of the molecule is N#Cc1csc(Cn2ccc3ncccc32)c1. The molecule has 0 radical (unpaired) electrons. The summed E-state index contributed by atoms with van der Waals surface area (Å²) in [6.45, 7) is 0.793. The van der Waals surface area contributed by atoms with Gasteiger partial charge in [0.2, 0.25) is 0 Å². The van der Waals surface area contributed by atoms with Gasteiger partial charge in [-0.15, -0.1) is 11.3 Å². The maximum absolute atomic E-state index is 8.79. The van der Waals surface area contributed by atoms with E-state index in [0.29, 0.717) is 0 Å². The first-order chi connectivity index (χ1) is 8.36. The van der Waals surface area contributed by atoms with Crippen LogP contribution in [0.4, 0.5) is 0 Å². The van der Waals surface area contributed by atoms with Gasteiger partial charge < -0.3 is 4.57 Å². The Morgan fingerprint density at radius 1 is 1.41 bits per heavy atom. The Morgan fingerprint density at radius 3 is 3.18 bits per heavy atom. The normalized spacial score (nSPS) is 10.5. The zero-order chi connectivity index (χ0) is 11.7. The Morgan fingerprint density at radius 2 is 2.35 bits per heavy atom. The fourth-order valence-electron chi connectivity index (χ4n) is 1.85. The Balaban J connectivity index is 1.97. The van der Waals surface area contributed by atoms with Gasteiger partial charge in [-0.2, -0.15) is 5.26 Å². The van der Waals surface area contributed by atoms with Gasteiger partial charge in [0.1, 0.15) is 6.07 Å². The molecule has 0 aliphatic heterocycles. The summed E-state index contributed by atoms with van der Waals surface area (Å²) >= 11 is 1.62. The van der Waals surface area contributed by atoms with E-state index >= 15 is 0 Å². The lowest BCUT2D eigenvalue weighted by Crippen LogP contribution is -1.95. The van der Waals surface area contributed by atoms with Crippen LogP contribution in [-0.4, -0.2) is 9.55 Å². The molecule has 0 amide bonds. The Bertz CT molecular complexity index is 703. The van der Waals surface area contributed by atoms with E-state index in [-0.39, 0.29) is 0 Å². The molecule has 0 fully saturated rings. The molecule has 0 N–H and O–H groups in total. The second-order valence-corrected chi connectivity index (χ2v) is 4.76. The monoisotopic (exact) mass is 239 g/mol. The summed E-state index contributed by atoms with van der Waals surface area (Å²) in [7, 11) is 0. The van der Waals surface area contributed by atoms with Crippen LogP contribution in [0.3, 0.4) is 0 Å². The lowest BCUT2D eigenvalue weighted by atomic mass is 10.3. The first-order valence-electron chi connectivity index (χ1n) is 5.24. The molecule has 4 heteroatoms. The second-order valence-electron chi connectivity index (χ2n) is 3.76. The van der Waals surface area contributed by atoms with Crippen LogP contribution in [0.15, 0.2) is 42.0 Å². The highest BCUT2D eigenvalue weighted by Crippen LogP contribution is 2.19. The summed E-state index contributed by atoms with van der Waals surface area (Å²) in [5.41, 5.74) is 2.86. The van der Waals surface area contributed by atoms with Gasteiger partial charge >= 0.3 is 0 Å². The fraction of sp³-hybridized carbons (Fsp3) is 0.0769. The summed E-state index contributed by atoms with van der Waals surface area (Å²) in [5, 5.41) is 10.7. The molecule has 3 rings (SSSR count). The maximum Gasteiger partial charge on any atom is 0.100 e. The van der Waals surface area contributed by atoms with E-state index in [1.807, 2.05) is 29.8 Å². The average molecular weight is 239 g/mol. The molecule has 0 aromatic carbocycles. The van der Waals surface area contributed by atoms with Gasteiger partial charge in [0.15, 0.2) is 0 Å². The summed E-state index contributed by atoms with van der Waals surface area (Å²) in [6.07, 6.45) is 3.83. The van der Waals surface area contributed by atoms with E-state index in [1.165, 1.54) is 4.88 Å². The van der Waals surface area contributed by atoms with Crippen molar-refractivity contribution in [3.05, 3.63) is 52.5 Å². The molecule has 0 aliphatic carbocycles. The molecule has 0 aliphatic rings. The predicted octanol–water partition coefficient (Wildman–Crippen LogP) is 3.02. The number of hydrogen-bond donors (Lipinski definition) is 0. The van der Waals surface area contributed by atoms with Gasteiger partial charge in [0.25, 0.3) is 0 Å². The van der Waals surface area contributed by atoms with Crippen molar-refractivity contribution in [2.45, 2.75) is 6.54 Å². The summed E-state index contributed by atoms with van der Waals surface area (Å²) in [5.74, 6) is 0. The molecule has 3 heterocycles. The topological polar surface area (TPSA) is 41.6 Å². The third kappa shape index (κ3) is 1.81. The predicted molar refractivity (Wildman–Crippen MR) is 67.9 cm³/mol. The number of pyridine rings is 1. The molecular weight excluding hydrogens is 230 g/mol. The van der Waals surface area contributed by atoms with Crippen LogP contribution in [0.25, 0.3) is 11.0 Å². The van der Waals surface area contributed by atoms with Crippen LogP contribution in [0.5, 0.6) is 0 Å². The minimum atomic E-state index is 0.736. The second kappa shape index (κ2) is 4.04. The van der Waals surface area contributed by atoms with Gasteiger partial charge in [0.05, 0.1) is 23.1 Å². The first kappa shape index (κ1) is 10.1. The number of aromatic nitrogens is 2. The average Bonchev–Trinajstić information content (AvgIpc) is 2.97. The van der Waals surface area contributed by atoms with Crippen molar-refractivity contribution in [2.24, 2.45) is 0 Å². The number of thiophene rings is 1. The molecule has 3 aromatic rings. The standard InChI is InChI=1S/C13H9N3S/c14-7-10-6-11(17-9-10)8-16-5-3-12-13(16)2-1-4-15-12/h1-6,9H,8H2. The highest BCUT2D eigenvalue weighted by Gasteiger charge is 2.04. The highest BCUT2D eigenvalue weighted by atomic mass is 32.1. The zero-order valence-electron chi connectivity index (χ0n) is 9.00. The van der Waals surface area contributed by atoms with Crippen molar-refractivity contribution in [1.82, 2.24) is 9.55 Å². The van der Waals surface area contributed by atoms with Crippen molar-refractivity contribution in [1.29, 1.82) is 5.26 Å². The highest BCUT2D eigenvalue weighted by molar-refractivity contribution is 7.10. The van der Waals surface area contributed by atoms with Crippen LogP contribution in [0.1, 0.15) is 10.4 Å². The number of nitriles is 1. The third-order valence-electron chi connectivity index (χ3n) is 2.65. The molecule has 82 valence electrons. The minimum absolute atomic E-state index is 0.736. The third-order valence-corrected chi connectivity index (χ3v) is 3.57. The van der Waals surface area contributed by atoms with Gasteiger partial charge in [0, 0.05) is 22.7 Å². The lowest BCUT2D eigenvalue weighted by molar-refractivity contribution is 0.851. The van der Waals surface area contributed by atoms with Crippen molar-refractivity contribution >= 4 is 22.4 Å². The largest absolute Gasteiger partial charge is 0.341 e. The maximum atomic E-state index is 8.79. The van der Waals surface area contributed by atoms with Gasteiger partial charge in [-0.25, -0.2) is 0 Å². The number of rotatable bonds is 2. The van der Waals surface area contributed by atoms with Crippen molar-refractivity contribution in [3.63, 3.8) is 0 Å². The van der Waals surface area contributed by atoms with Crippen molar-refractivity contribution in [3.8, 4) is 6.07 Å². The van der Waals surface area contributed by atoms with Gasteiger partial charge in [-0.05, 0) is 24.3 Å². The van der Waals surface area contributed by atoms with Gasteiger partial charge in [-0.3, -0.25) is 4.98 Å². The van der Waals surface area contributed by atoms with Crippen molar-refractivity contribution in [2.75, 3.05) is 0 Å². The lowest BCUT2D eigenvalue weighted by Gasteiger charge is -2.02. The van der Waals surface area contributed by atoms with Crippen LogP contribution < -0.4 is 0 Å². The van der Waals surface area contributed by atoms with Crippen LogP contribution in [-0.2, 0) is 6.54 Å². The molecule has 3 nitrogen and oxygen atoms in total. The van der Waals surface area contributed by atoms with E-state index in [2.05, 4.69) is 21.7 Å². The first-order valence-corrected chi connectivity index (χ1v) is 6.12. The van der Waals surface area contributed by atoms with Crippen molar-refractivity contribution < 1.29 is 0 Å². The summed E-state index contributed by atoms with van der Waals surface area (Å²) in [4.78, 5) is 5.48. The molecule has 17 heavy (non-hydrogen) atoms. The van der Waals surface area contributed by atoms with Crippen LogP contribution >= 0.6 is 11.3 Å². The minimum Gasteiger partial charge on any atom is -0.341 e. The quantitative estimate of drug-likeness (QED) is 0.689. The number of fused-ring (bicyclic) bond motifs is 1. The van der Waals surface area contributed by atoms with E-state index in [4.69, 9.17) is 5.26 Å². The molecule has 0 bridgehead atoms. The van der Waals surface area contributed by atoms with E-state index < -0.39 is 0 Å².